The molecule has 0 aromatic heterocycles. The van der Waals surface area contributed by atoms with Gasteiger partial charge < -0.3 is 10.2 Å². The summed E-state index contributed by atoms with van der Waals surface area (Å²) in [5, 5.41) is 3.39. The molecular formula is C11H17BrCl2N2. The van der Waals surface area contributed by atoms with Crippen molar-refractivity contribution in [2.24, 2.45) is 0 Å². The van der Waals surface area contributed by atoms with Crippen molar-refractivity contribution in [2.75, 3.05) is 24.5 Å². The Hall–Kier alpha value is 0.0400. The van der Waals surface area contributed by atoms with Gasteiger partial charge in [-0.1, -0.05) is 15.9 Å². The van der Waals surface area contributed by atoms with Crippen LogP contribution in [0.2, 0.25) is 0 Å². The number of anilines is 1. The molecule has 1 heterocycles. The highest BCUT2D eigenvalue weighted by molar-refractivity contribution is 9.10. The number of halogens is 3. The first-order valence-electron chi connectivity index (χ1n) is 5.00. The summed E-state index contributed by atoms with van der Waals surface area (Å²) in [6.07, 6.45) is 0. The molecule has 1 aliphatic rings. The van der Waals surface area contributed by atoms with Crippen LogP contribution in [-0.4, -0.2) is 25.7 Å². The second-order valence-electron chi connectivity index (χ2n) is 3.72. The van der Waals surface area contributed by atoms with Crippen molar-refractivity contribution in [3.05, 3.63) is 28.7 Å². The third-order valence-corrected chi connectivity index (χ3v) is 3.19. The van der Waals surface area contributed by atoms with Crippen LogP contribution in [0.3, 0.4) is 0 Å². The summed E-state index contributed by atoms with van der Waals surface area (Å²) in [6.45, 7) is 5.52. The average molecular weight is 328 g/mol. The first-order valence-corrected chi connectivity index (χ1v) is 5.79. The molecule has 2 rings (SSSR count). The van der Waals surface area contributed by atoms with E-state index >= 15 is 0 Å². The van der Waals surface area contributed by atoms with Gasteiger partial charge in [0.15, 0.2) is 0 Å². The Morgan fingerprint density at radius 3 is 2.44 bits per heavy atom. The van der Waals surface area contributed by atoms with Gasteiger partial charge in [-0.15, -0.1) is 24.8 Å². The molecule has 2 nitrogen and oxygen atoms in total. The molecule has 92 valence electrons. The van der Waals surface area contributed by atoms with Crippen molar-refractivity contribution in [1.29, 1.82) is 0 Å². The quantitative estimate of drug-likeness (QED) is 0.852. The summed E-state index contributed by atoms with van der Waals surface area (Å²) < 4.78 is 1.14. The van der Waals surface area contributed by atoms with E-state index in [2.05, 4.69) is 57.3 Å². The summed E-state index contributed by atoms with van der Waals surface area (Å²) in [7, 11) is 0. The molecule has 1 aromatic carbocycles. The Morgan fingerprint density at radius 1 is 1.25 bits per heavy atom. The Bertz CT molecular complexity index is 305. The van der Waals surface area contributed by atoms with Crippen LogP contribution in [0, 0.1) is 0 Å². The number of rotatable bonds is 1. The van der Waals surface area contributed by atoms with Gasteiger partial charge in [0.05, 0.1) is 0 Å². The van der Waals surface area contributed by atoms with E-state index in [1.807, 2.05) is 0 Å². The molecule has 0 spiro atoms. The third kappa shape index (κ3) is 3.81. The lowest BCUT2D eigenvalue weighted by molar-refractivity contribution is 0.501. The standard InChI is InChI=1S/C11H15BrN2.2ClH/c1-9-8-13-6-7-14(9)11-4-2-10(12)3-5-11;;/h2-5,9,13H,6-8H2,1H3;2*1H. The van der Waals surface area contributed by atoms with E-state index in [4.69, 9.17) is 0 Å². The van der Waals surface area contributed by atoms with Gasteiger partial charge in [0.1, 0.15) is 0 Å². The zero-order valence-electron chi connectivity index (χ0n) is 9.15. The second-order valence-corrected chi connectivity index (χ2v) is 4.64. The van der Waals surface area contributed by atoms with Crippen LogP contribution in [-0.2, 0) is 0 Å². The van der Waals surface area contributed by atoms with Gasteiger partial charge in [0, 0.05) is 35.8 Å². The highest BCUT2D eigenvalue weighted by Crippen LogP contribution is 2.20. The maximum absolute atomic E-state index is 3.45. The minimum atomic E-state index is 0. The summed E-state index contributed by atoms with van der Waals surface area (Å²) in [4.78, 5) is 2.45. The van der Waals surface area contributed by atoms with Gasteiger partial charge in [-0.05, 0) is 31.2 Å². The van der Waals surface area contributed by atoms with Gasteiger partial charge in [0.25, 0.3) is 0 Å². The molecule has 1 saturated heterocycles. The molecule has 0 amide bonds. The first kappa shape index (κ1) is 16.0. The molecule has 16 heavy (non-hydrogen) atoms. The van der Waals surface area contributed by atoms with Crippen LogP contribution in [0.1, 0.15) is 6.92 Å². The fourth-order valence-electron chi connectivity index (χ4n) is 1.86. The Morgan fingerprint density at radius 2 is 1.88 bits per heavy atom. The smallest absolute Gasteiger partial charge is 0.0386 e. The van der Waals surface area contributed by atoms with Crippen molar-refractivity contribution in [2.45, 2.75) is 13.0 Å². The van der Waals surface area contributed by atoms with Crippen molar-refractivity contribution in [1.82, 2.24) is 5.32 Å². The van der Waals surface area contributed by atoms with Gasteiger partial charge in [-0.2, -0.15) is 0 Å². The van der Waals surface area contributed by atoms with E-state index in [0.29, 0.717) is 6.04 Å². The Labute approximate surface area is 118 Å². The number of nitrogens with zero attached hydrogens (tertiary/aromatic N) is 1. The zero-order valence-corrected chi connectivity index (χ0v) is 12.4. The molecule has 1 aliphatic heterocycles. The maximum Gasteiger partial charge on any atom is 0.0386 e. The van der Waals surface area contributed by atoms with E-state index in [0.717, 1.165) is 24.1 Å². The van der Waals surface area contributed by atoms with E-state index in [1.165, 1.54) is 5.69 Å². The molecule has 1 unspecified atom stereocenters. The van der Waals surface area contributed by atoms with Gasteiger partial charge >= 0.3 is 0 Å². The largest absolute Gasteiger partial charge is 0.366 e. The number of hydrogen-bond donors (Lipinski definition) is 1. The maximum atomic E-state index is 3.45. The second kappa shape index (κ2) is 7.38. The summed E-state index contributed by atoms with van der Waals surface area (Å²) in [5.74, 6) is 0. The van der Waals surface area contributed by atoms with E-state index in [9.17, 15) is 0 Å². The number of benzene rings is 1. The molecule has 1 aromatic rings. The minimum Gasteiger partial charge on any atom is -0.366 e. The Kier molecular flexibility index (Phi) is 7.40. The first-order chi connectivity index (χ1) is 6.77. The van der Waals surface area contributed by atoms with Gasteiger partial charge in [-0.25, -0.2) is 0 Å². The van der Waals surface area contributed by atoms with Crippen LogP contribution in [0.5, 0.6) is 0 Å². The van der Waals surface area contributed by atoms with Gasteiger partial charge in [0.2, 0.25) is 0 Å². The molecule has 5 heteroatoms. The molecule has 1 fully saturated rings. The van der Waals surface area contributed by atoms with Crippen molar-refractivity contribution in [3.8, 4) is 0 Å². The lowest BCUT2D eigenvalue weighted by Crippen LogP contribution is -2.49. The lowest BCUT2D eigenvalue weighted by Gasteiger charge is -2.35. The average Bonchev–Trinajstić information content (AvgIpc) is 2.20. The lowest BCUT2D eigenvalue weighted by atomic mass is 10.2. The SMILES string of the molecule is CC1CNCCN1c1ccc(Br)cc1.Cl.Cl. The topological polar surface area (TPSA) is 15.3 Å². The molecule has 0 radical (unpaired) electrons. The van der Waals surface area contributed by atoms with E-state index in [1.54, 1.807) is 0 Å². The van der Waals surface area contributed by atoms with E-state index < -0.39 is 0 Å². The van der Waals surface area contributed by atoms with Crippen LogP contribution in [0.4, 0.5) is 5.69 Å². The highest BCUT2D eigenvalue weighted by atomic mass is 79.9. The van der Waals surface area contributed by atoms with Crippen molar-refractivity contribution >= 4 is 46.4 Å². The number of nitrogens with one attached hydrogen (secondary N) is 1. The summed E-state index contributed by atoms with van der Waals surface area (Å²) in [5.41, 5.74) is 1.32. The van der Waals surface area contributed by atoms with Crippen LogP contribution < -0.4 is 10.2 Å². The molecular weight excluding hydrogens is 311 g/mol. The van der Waals surface area contributed by atoms with Crippen molar-refractivity contribution < 1.29 is 0 Å². The third-order valence-electron chi connectivity index (χ3n) is 2.66. The van der Waals surface area contributed by atoms with Gasteiger partial charge in [-0.3, -0.25) is 0 Å². The van der Waals surface area contributed by atoms with Crippen LogP contribution >= 0.6 is 40.7 Å². The fraction of sp³-hybridized carbons (Fsp3) is 0.455. The number of piperazine rings is 1. The normalized spacial score (nSPS) is 19.6. The highest BCUT2D eigenvalue weighted by Gasteiger charge is 2.17. The molecule has 0 bridgehead atoms. The monoisotopic (exact) mass is 326 g/mol. The molecule has 1 atom stereocenters. The van der Waals surface area contributed by atoms with E-state index in [-0.39, 0.29) is 24.8 Å². The summed E-state index contributed by atoms with van der Waals surface area (Å²) in [6, 6.07) is 9.14. The minimum absolute atomic E-state index is 0. The zero-order chi connectivity index (χ0) is 9.97. The van der Waals surface area contributed by atoms with Crippen molar-refractivity contribution in [3.63, 3.8) is 0 Å². The predicted molar refractivity (Wildman–Crippen MR) is 78.3 cm³/mol. The number of hydrogen-bond acceptors (Lipinski definition) is 2. The Balaban J connectivity index is 0.00000112. The summed E-state index contributed by atoms with van der Waals surface area (Å²) >= 11 is 3.45. The molecule has 0 saturated carbocycles. The van der Waals surface area contributed by atoms with Crippen LogP contribution in [0.15, 0.2) is 28.7 Å². The van der Waals surface area contributed by atoms with Crippen LogP contribution in [0.25, 0.3) is 0 Å². The molecule has 0 aliphatic carbocycles. The predicted octanol–water partition coefficient (Wildman–Crippen LogP) is 3.09. The fourth-order valence-corrected chi connectivity index (χ4v) is 2.12. The molecule has 1 N–H and O–H groups in total.